The summed E-state index contributed by atoms with van der Waals surface area (Å²) in [7, 11) is 2.13. The van der Waals surface area contributed by atoms with Gasteiger partial charge in [-0.2, -0.15) is 0 Å². The molecule has 1 aromatic carbocycles. The molecule has 0 saturated heterocycles. The number of ether oxygens (including phenoxy) is 3. The second kappa shape index (κ2) is 6.39. The molecule has 0 saturated carbocycles. The molecule has 0 amide bonds. The van der Waals surface area contributed by atoms with Crippen molar-refractivity contribution < 1.29 is 28.6 Å². The summed E-state index contributed by atoms with van der Waals surface area (Å²) >= 11 is 0. The highest BCUT2D eigenvalue weighted by atomic mass is 16.6. The maximum atomic E-state index is 11.7. The highest BCUT2D eigenvalue weighted by molar-refractivity contribution is 6.12. The molecule has 0 aliphatic rings. The molecule has 0 aromatic heterocycles. The van der Waals surface area contributed by atoms with E-state index in [4.69, 9.17) is 4.74 Å². The van der Waals surface area contributed by atoms with Gasteiger partial charge in [-0.25, -0.2) is 0 Å². The zero-order chi connectivity index (χ0) is 13.5. The molecule has 6 heteroatoms. The number of hydrogen-bond acceptors (Lipinski definition) is 6. The fourth-order valence-electron chi connectivity index (χ4n) is 1.19. The lowest BCUT2D eigenvalue weighted by molar-refractivity contribution is -0.166. The van der Waals surface area contributed by atoms with Crippen LogP contribution >= 0.6 is 0 Å². The fourth-order valence-corrected chi connectivity index (χ4v) is 1.19. The Morgan fingerprint density at radius 2 is 1.39 bits per heavy atom. The minimum Gasteiger partial charge on any atom is -0.468 e. The van der Waals surface area contributed by atoms with Crippen LogP contribution in [0.2, 0.25) is 0 Å². The van der Waals surface area contributed by atoms with Crippen LogP contribution in [0.25, 0.3) is 0 Å². The van der Waals surface area contributed by atoms with Gasteiger partial charge in [0, 0.05) is 0 Å². The Morgan fingerprint density at radius 1 is 0.889 bits per heavy atom. The van der Waals surface area contributed by atoms with Gasteiger partial charge in [0.2, 0.25) is 0 Å². The molecule has 6 nitrogen and oxygen atoms in total. The molecule has 0 atom stereocenters. The van der Waals surface area contributed by atoms with Gasteiger partial charge in [-0.1, -0.05) is 18.2 Å². The minimum atomic E-state index is -1.74. The molecule has 0 heterocycles. The van der Waals surface area contributed by atoms with Crippen molar-refractivity contribution >= 4 is 17.9 Å². The fraction of sp³-hybridized carbons (Fsp3) is 0.250. The molecule has 0 aliphatic carbocycles. The van der Waals surface area contributed by atoms with Crippen LogP contribution in [0.4, 0.5) is 0 Å². The van der Waals surface area contributed by atoms with Gasteiger partial charge in [-0.15, -0.1) is 0 Å². The topological polar surface area (TPSA) is 78.9 Å². The van der Waals surface area contributed by atoms with Gasteiger partial charge >= 0.3 is 17.9 Å². The number of methoxy groups -OCH3 is 2. The molecule has 0 radical (unpaired) electrons. The van der Waals surface area contributed by atoms with Crippen LogP contribution in [-0.4, -0.2) is 32.1 Å². The molecule has 96 valence electrons. The molecule has 0 bridgehead atoms. The Bertz CT molecular complexity index is 423. The Balaban J connectivity index is 2.83. The predicted octanol–water partition coefficient (Wildman–Crippen LogP) is 0.554. The van der Waals surface area contributed by atoms with Gasteiger partial charge in [-0.3, -0.25) is 14.4 Å². The first-order valence-corrected chi connectivity index (χ1v) is 5.02. The lowest BCUT2D eigenvalue weighted by Crippen LogP contribution is -2.36. The quantitative estimate of drug-likeness (QED) is 0.442. The lowest BCUT2D eigenvalue weighted by atomic mass is 10.1. The van der Waals surface area contributed by atoms with E-state index >= 15 is 0 Å². The van der Waals surface area contributed by atoms with Crippen molar-refractivity contribution in [3.05, 3.63) is 30.3 Å². The molecule has 0 aliphatic heterocycles. The third-order valence-corrected chi connectivity index (χ3v) is 2.07. The number of carbonyl (C=O) groups excluding carboxylic acids is 3. The predicted molar refractivity (Wildman–Crippen MR) is 59.6 cm³/mol. The van der Waals surface area contributed by atoms with Crippen LogP contribution in [0.5, 0.6) is 5.75 Å². The normalized spacial score (nSPS) is 9.72. The van der Waals surface area contributed by atoms with Crippen LogP contribution in [0.3, 0.4) is 0 Å². The van der Waals surface area contributed by atoms with Crippen LogP contribution in [0.15, 0.2) is 30.3 Å². The van der Waals surface area contributed by atoms with E-state index < -0.39 is 23.8 Å². The molecule has 0 fully saturated rings. The first-order valence-electron chi connectivity index (χ1n) is 5.02. The van der Waals surface area contributed by atoms with Crippen molar-refractivity contribution in [1.82, 2.24) is 0 Å². The summed E-state index contributed by atoms with van der Waals surface area (Å²) in [5.74, 6) is -4.61. The van der Waals surface area contributed by atoms with Gasteiger partial charge in [0.15, 0.2) is 0 Å². The third-order valence-electron chi connectivity index (χ3n) is 2.07. The van der Waals surface area contributed by atoms with Crippen LogP contribution in [0, 0.1) is 5.92 Å². The number of para-hydroxylation sites is 1. The van der Waals surface area contributed by atoms with Crippen molar-refractivity contribution in [3.63, 3.8) is 0 Å². The van der Waals surface area contributed by atoms with Gasteiger partial charge in [0.25, 0.3) is 5.92 Å². The minimum absolute atomic E-state index is 0.223. The molecule has 0 unspecified atom stereocenters. The van der Waals surface area contributed by atoms with Crippen LogP contribution < -0.4 is 4.74 Å². The first-order chi connectivity index (χ1) is 8.60. The summed E-state index contributed by atoms with van der Waals surface area (Å²) in [6.45, 7) is 0. The van der Waals surface area contributed by atoms with Gasteiger partial charge in [-0.05, 0) is 12.1 Å². The molecular weight excluding hydrogens is 240 g/mol. The van der Waals surface area contributed by atoms with Crippen molar-refractivity contribution in [3.8, 4) is 5.75 Å². The first kappa shape index (κ1) is 13.7. The average Bonchev–Trinajstić information content (AvgIpc) is 2.39. The Kier molecular flexibility index (Phi) is 4.86. The smallest absolute Gasteiger partial charge is 0.337 e. The van der Waals surface area contributed by atoms with Crippen molar-refractivity contribution in [2.45, 2.75) is 0 Å². The Hall–Kier alpha value is -2.37. The van der Waals surface area contributed by atoms with Crippen LogP contribution in [0.1, 0.15) is 0 Å². The van der Waals surface area contributed by atoms with Crippen LogP contribution in [-0.2, 0) is 23.9 Å². The number of benzene rings is 1. The van der Waals surface area contributed by atoms with Gasteiger partial charge in [0.1, 0.15) is 5.75 Å². The number of carbonyl (C=O) groups is 3. The second-order valence-corrected chi connectivity index (χ2v) is 3.21. The van der Waals surface area contributed by atoms with E-state index in [9.17, 15) is 14.4 Å². The summed E-state index contributed by atoms with van der Waals surface area (Å²) in [6.07, 6.45) is 0. The maximum absolute atomic E-state index is 11.7. The summed E-state index contributed by atoms with van der Waals surface area (Å²) in [5, 5.41) is 0. The number of esters is 3. The summed E-state index contributed by atoms with van der Waals surface area (Å²) in [5.41, 5.74) is 0. The average molecular weight is 252 g/mol. The highest BCUT2D eigenvalue weighted by Gasteiger charge is 2.38. The Morgan fingerprint density at radius 3 is 1.83 bits per heavy atom. The zero-order valence-electron chi connectivity index (χ0n) is 9.91. The van der Waals surface area contributed by atoms with E-state index in [2.05, 4.69) is 9.47 Å². The molecule has 18 heavy (non-hydrogen) atoms. The summed E-state index contributed by atoms with van der Waals surface area (Å²) in [6, 6.07) is 8.06. The lowest BCUT2D eigenvalue weighted by Gasteiger charge is -2.11. The molecule has 1 aromatic rings. The highest BCUT2D eigenvalue weighted by Crippen LogP contribution is 2.13. The van der Waals surface area contributed by atoms with E-state index in [1.54, 1.807) is 18.2 Å². The molecular formula is C12H12O6. The molecule has 0 N–H and O–H groups in total. The van der Waals surface area contributed by atoms with Crippen molar-refractivity contribution in [2.75, 3.05) is 14.2 Å². The second-order valence-electron chi connectivity index (χ2n) is 3.21. The number of rotatable bonds is 4. The van der Waals surface area contributed by atoms with E-state index in [1.807, 2.05) is 0 Å². The number of hydrogen-bond donors (Lipinski definition) is 0. The Labute approximate surface area is 103 Å². The molecule has 1 rings (SSSR count). The van der Waals surface area contributed by atoms with Gasteiger partial charge in [0.05, 0.1) is 14.2 Å². The third kappa shape index (κ3) is 3.31. The van der Waals surface area contributed by atoms with E-state index in [0.29, 0.717) is 0 Å². The van der Waals surface area contributed by atoms with Gasteiger partial charge < -0.3 is 14.2 Å². The largest absolute Gasteiger partial charge is 0.468 e. The SMILES string of the molecule is COC(=O)C(C(=O)OC)C(=O)Oc1ccccc1. The van der Waals surface area contributed by atoms with E-state index in [1.165, 1.54) is 12.1 Å². The maximum Gasteiger partial charge on any atom is 0.337 e. The summed E-state index contributed by atoms with van der Waals surface area (Å²) < 4.78 is 13.6. The molecule has 0 spiro atoms. The van der Waals surface area contributed by atoms with E-state index in [-0.39, 0.29) is 5.75 Å². The standard InChI is InChI=1S/C12H12O6/c1-16-10(13)9(11(14)17-2)12(15)18-8-6-4-3-5-7-8/h3-7,9H,1-2H3. The van der Waals surface area contributed by atoms with E-state index in [0.717, 1.165) is 14.2 Å². The summed E-state index contributed by atoms with van der Waals surface area (Å²) in [4.78, 5) is 34.3. The monoisotopic (exact) mass is 252 g/mol. The van der Waals surface area contributed by atoms with Crippen molar-refractivity contribution in [1.29, 1.82) is 0 Å². The zero-order valence-corrected chi connectivity index (χ0v) is 9.91. The van der Waals surface area contributed by atoms with Crippen molar-refractivity contribution in [2.24, 2.45) is 5.92 Å².